The first-order valence-corrected chi connectivity index (χ1v) is 8.45. The topological polar surface area (TPSA) is 98.5 Å². The molecule has 1 heterocycles. The molecule has 0 radical (unpaired) electrons. The second kappa shape index (κ2) is 7.54. The lowest BCUT2D eigenvalue weighted by Gasteiger charge is -2.30. The molecular weight excluding hydrogens is 320 g/mol. The fraction of sp³-hybridized carbons (Fsp3) is 0.600. The van der Waals surface area contributed by atoms with Gasteiger partial charge >= 0.3 is 11.0 Å². The summed E-state index contributed by atoms with van der Waals surface area (Å²) in [4.78, 5) is 34.2. The third-order valence-corrected chi connectivity index (χ3v) is 5.08. The number of nitro groups is 1. The molecule has 3 atom stereocenters. The highest BCUT2D eigenvalue weighted by Crippen LogP contribution is 2.25. The molecule has 1 aromatic heterocycles. The molecule has 0 saturated heterocycles. The highest BCUT2D eigenvalue weighted by Gasteiger charge is 2.27. The number of hydrogen-bond donors (Lipinski definition) is 1. The lowest BCUT2D eigenvalue weighted by Crippen LogP contribution is -2.45. The number of nitrogens with one attached hydrogen (secondary N) is 1. The molecule has 1 aromatic rings. The maximum absolute atomic E-state index is 12.1. The Morgan fingerprint density at radius 1 is 1.39 bits per heavy atom. The summed E-state index contributed by atoms with van der Waals surface area (Å²) < 4.78 is 5.10. The minimum absolute atomic E-state index is 0.111. The van der Waals surface area contributed by atoms with Gasteiger partial charge in [0.15, 0.2) is 6.10 Å². The van der Waals surface area contributed by atoms with Crippen LogP contribution in [0, 0.1) is 16.0 Å². The van der Waals surface area contributed by atoms with Crippen molar-refractivity contribution in [3.8, 4) is 0 Å². The summed E-state index contributed by atoms with van der Waals surface area (Å²) in [5.74, 6) is -0.638. The van der Waals surface area contributed by atoms with Crippen LogP contribution < -0.4 is 5.32 Å². The Labute approximate surface area is 138 Å². The van der Waals surface area contributed by atoms with Gasteiger partial charge in [-0.3, -0.25) is 14.9 Å². The van der Waals surface area contributed by atoms with Gasteiger partial charge in [0.25, 0.3) is 5.91 Å². The van der Waals surface area contributed by atoms with Gasteiger partial charge in [-0.1, -0.05) is 31.1 Å². The monoisotopic (exact) mass is 340 g/mol. The van der Waals surface area contributed by atoms with Crippen LogP contribution in [0.2, 0.25) is 0 Å². The molecule has 0 unspecified atom stereocenters. The highest BCUT2D eigenvalue weighted by atomic mass is 32.1. The number of hydrogen-bond acceptors (Lipinski definition) is 6. The SMILES string of the molecule is C[C@@H](OC(=O)c1ccc([N+](=O)[O-])s1)C(=O)N[C@H]1CCCC[C@@H]1C. The van der Waals surface area contributed by atoms with Gasteiger partial charge in [-0.15, -0.1) is 0 Å². The number of thiophene rings is 1. The number of esters is 1. The van der Waals surface area contributed by atoms with Crippen molar-refractivity contribution >= 4 is 28.2 Å². The van der Waals surface area contributed by atoms with E-state index in [2.05, 4.69) is 12.2 Å². The van der Waals surface area contributed by atoms with Crippen LogP contribution in [0.5, 0.6) is 0 Å². The molecule has 1 saturated carbocycles. The Bertz CT molecular complexity index is 600. The van der Waals surface area contributed by atoms with Crippen molar-refractivity contribution in [2.24, 2.45) is 5.92 Å². The summed E-state index contributed by atoms with van der Waals surface area (Å²) in [6.45, 7) is 3.61. The van der Waals surface area contributed by atoms with Gasteiger partial charge in [0.05, 0.1) is 4.92 Å². The fourth-order valence-corrected chi connectivity index (χ4v) is 3.34. The maximum atomic E-state index is 12.1. The third kappa shape index (κ3) is 4.51. The molecule has 1 aliphatic rings. The van der Waals surface area contributed by atoms with E-state index >= 15 is 0 Å². The van der Waals surface area contributed by atoms with Gasteiger partial charge in [-0.05, 0) is 31.7 Å². The van der Waals surface area contributed by atoms with Gasteiger partial charge < -0.3 is 10.1 Å². The van der Waals surface area contributed by atoms with E-state index in [0.717, 1.165) is 30.6 Å². The number of amides is 1. The van der Waals surface area contributed by atoms with Crippen LogP contribution in [0.4, 0.5) is 5.00 Å². The van der Waals surface area contributed by atoms with Crippen molar-refractivity contribution in [2.75, 3.05) is 0 Å². The highest BCUT2D eigenvalue weighted by molar-refractivity contribution is 7.17. The average molecular weight is 340 g/mol. The first-order chi connectivity index (χ1) is 10.9. The van der Waals surface area contributed by atoms with E-state index in [4.69, 9.17) is 4.74 Å². The van der Waals surface area contributed by atoms with E-state index in [1.54, 1.807) is 0 Å². The van der Waals surface area contributed by atoms with E-state index in [1.165, 1.54) is 25.5 Å². The van der Waals surface area contributed by atoms with Crippen molar-refractivity contribution < 1.29 is 19.2 Å². The average Bonchev–Trinajstić information content (AvgIpc) is 2.99. The molecule has 0 aromatic carbocycles. The predicted octanol–water partition coefficient (Wildman–Crippen LogP) is 2.90. The Hall–Kier alpha value is -1.96. The zero-order chi connectivity index (χ0) is 17.0. The summed E-state index contributed by atoms with van der Waals surface area (Å²) in [6.07, 6.45) is 3.35. The Balaban J connectivity index is 1.89. The molecule has 0 aliphatic heterocycles. The smallest absolute Gasteiger partial charge is 0.349 e. The van der Waals surface area contributed by atoms with Crippen LogP contribution in [0.25, 0.3) is 0 Å². The Morgan fingerprint density at radius 3 is 2.70 bits per heavy atom. The van der Waals surface area contributed by atoms with E-state index < -0.39 is 17.0 Å². The Kier molecular flexibility index (Phi) is 5.70. The predicted molar refractivity (Wildman–Crippen MR) is 85.4 cm³/mol. The number of carbonyl (C=O) groups excluding carboxylic acids is 2. The van der Waals surface area contributed by atoms with E-state index in [0.29, 0.717) is 5.92 Å². The van der Waals surface area contributed by atoms with E-state index in [9.17, 15) is 19.7 Å². The number of rotatable bonds is 5. The van der Waals surface area contributed by atoms with Crippen molar-refractivity contribution in [1.29, 1.82) is 0 Å². The minimum atomic E-state index is -0.933. The van der Waals surface area contributed by atoms with Crippen molar-refractivity contribution in [1.82, 2.24) is 5.32 Å². The van der Waals surface area contributed by atoms with Gasteiger partial charge in [0.1, 0.15) is 4.88 Å². The standard InChI is InChI=1S/C15H20N2O5S/c1-9-5-3-4-6-11(9)16-14(18)10(2)22-15(19)12-7-8-13(23-12)17(20)21/h7-11H,3-6H2,1-2H3,(H,16,18)/t9-,10+,11-/m0/s1. The zero-order valence-electron chi connectivity index (χ0n) is 13.1. The maximum Gasteiger partial charge on any atom is 0.349 e. The molecule has 23 heavy (non-hydrogen) atoms. The molecular formula is C15H20N2O5S. The molecule has 1 N–H and O–H groups in total. The molecule has 1 amide bonds. The molecule has 126 valence electrons. The van der Waals surface area contributed by atoms with Crippen LogP contribution in [0.1, 0.15) is 49.2 Å². The van der Waals surface area contributed by atoms with Crippen LogP contribution in [-0.2, 0) is 9.53 Å². The summed E-state index contributed by atoms with van der Waals surface area (Å²) >= 11 is 0.734. The molecule has 7 nitrogen and oxygen atoms in total. The summed E-state index contributed by atoms with van der Waals surface area (Å²) in [7, 11) is 0. The molecule has 8 heteroatoms. The van der Waals surface area contributed by atoms with Gasteiger partial charge in [0, 0.05) is 12.1 Å². The first-order valence-electron chi connectivity index (χ1n) is 7.64. The van der Waals surface area contributed by atoms with Gasteiger partial charge in [-0.2, -0.15) is 0 Å². The molecule has 1 fully saturated rings. The number of carbonyl (C=O) groups is 2. The molecule has 2 rings (SSSR count). The van der Waals surface area contributed by atoms with Gasteiger partial charge in [-0.25, -0.2) is 4.79 Å². The van der Waals surface area contributed by atoms with Gasteiger partial charge in [0.2, 0.25) is 0 Å². The Morgan fingerprint density at radius 2 is 2.09 bits per heavy atom. The lowest BCUT2D eigenvalue weighted by molar-refractivity contribution is -0.380. The normalized spacial score (nSPS) is 22.2. The summed E-state index contributed by atoms with van der Waals surface area (Å²) in [6, 6.07) is 2.69. The van der Waals surface area contributed by atoms with Crippen LogP contribution >= 0.6 is 11.3 Å². The number of nitrogens with zero attached hydrogens (tertiary/aromatic N) is 1. The minimum Gasteiger partial charge on any atom is -0.448 e. The quantitative estimate of drug-likeness (QED) is 0.505. The summed E-state index contributed by atoms with van der Waals surface area (Å²) in [5.41, 5.74) is 0. The van der Waals surface area contributed by atoms with Crippen molar-refractivity contribution in [3.63, 3.8) is 0 Å². The van der Waals surface area contributed by atoms with Crippen LogP contribution in [0.15, 0.2) is 12.1 Å². The first kappa shape index (κ1) is 17.4. The zero-order valence-corrected chi connectivity index (χ0v) is 13.9. The molecule has 0 spiro atoms. The second-order valence-electron chi connectivity index (χ2n) is 5.82. The number of ether oxygens (including phenoxy) is 1. The molecule has 1 aliphatic carbocycles. The van der Waals surface area contributed by atoms with Crippen molar-refractivity contribution in [3.05, 3.63) is 27.1 Å². The fourth-order valence-electron chi connectivity index (χ4n) is 2.64. The second-order valence-corrected chi connectivity index (χ2v) is 6.88. The van der Waals surface area contributed by atoms with Crippen LogP contribution in [0.3, 0.4) is 0 Å². The van der Waals surface area contributed by atoms with Crippen molar-refractivity contribution in [2.45, 2.75) is 51.7 Å². The lowest BCUT2D eigenvalue weighted by atomic mass is 9.86. The largest absolute Gasteiger partial charge is 0.448 e. The van der Waals surface area contributed by atoms with E-state index in [-0.39, 0.29) is 21.8 Å². The molecule has 0 bridgehead atoms. The summed E-state index contributed by atoms with van der Waals surface area (Å²) in [5, 5.41) is 13.4. The van der Waals surface area contributed by atoms with E-state index in [1.807, 2.05) is 0 Å². The third-order valence-electron chi connectivity index (χ3n) is 4.07. The van der Waals surface area contributed by atoms with Crippen LogP contribution in [-0.4, -0.2) is 28.9 Å².